The Bertz CT molecular complexity index is 474. The number of piperidine rings is 1. The molecule has 0 bridgehead atoms. The maximum absolute atomic E-state index is 4.40. The van der Waals surface area contributed by atoms with Crippen molar-refractivity contribution in [1.82, 2.24) is 25.3 Å². The smallest absolute Gasteiger partial charge is 0.202 e. The molecule has 1 fully saturated rings. The molecule has 3 rings (SSSR count). The Balaban J connectivity index is 1.79. The minimum Gasteiger partial charge on any atom is -0.353 e. The zero-order valence-electron chi connectivity index (χ0n) is 9.77. The molecule has 6 nitrogen and oxygen atoms in total. The molecule has 0 radical (unpaired) electrons. The van der Waals surface area contributed by atoms with Gasteiger partial charge in [0, 0.05) is 6.04 Å². The Morgan fingerprint density at radius 1 is 1.47 bits per heavy atom. The molecule has 6 heteroatoms. The summed E-state index contributed by atoms with van der Waals surface area (Å²) >= 11 is 0. The summed E-state index contributed by atoms with van der Waals surface area (Å²) in [5.41, 5.74) is 1.58. The van der Waals surface area contributed by atoms with Gasteiger partial charge in [-0.15, -0.1) is 0 Å². The van der Waals surface area contributed by atoms with E-state index in [1.165, 1.54) is 6.33 Å². The highest BCUT2D eigenvalue weighted by Crippen LogP contribution is 2.17. The Morgan fingerprint density at radius 3 is 3.24 bits per heavy atom. The highest BCUT2D eigenvalue weighted by atomic mass is 15.2. The van der Waals surface area contributed by atoms with E-state index in [2.05, 4.69) is 37.5 Å². The standard InChI is InChI=1S/C11H16N6/c1-7-4-12-3-2-8(7)15-11-16-9-5-13-6-14-10(9)17-11/h5-8,12H,2-4H2,1H3,(H2,13,14,15,16,17). The van der Waals surface area contributed by atoms with Crippen LogP contribution in [0, 0.1) is 5.92 Å². The van der Waals surface area contributed by atoms with Crippen LogP contribution in [0.1, 0.15) is 13.3 Å². The molecule has 2 atom stereocenters. The van der Waals surface area contributed by atoms with E-state index in [4.69, 9.17) is 0 Å². The molecule has 1 saturated heterocycles. The number of hydrogen-bond donors (Lipinski definition) is 3. The highest BCUT2D eigenvalue weighted by Gasteiger charge is 2.21. The van der Waals surface area contributed by atoms with Crippen LogP contribution < -0.4 is 10.6 Å². The zero-order chi connectivity index (χ0) is 11.7. The first kappa shape index (κ1) is 10.5. The summed E-state index contributed by atoms with van der Waals surface area (Å²) in [5, 5.41) is 6.83. The van der Waals surface area contributed by atoms with Gasteiger partial charge >= 0.3 is 0 Å². The molecular weight excluding hydrogens is 216 g/mol. The van der Waals surface area contributed by atoms with E-state index < -0.39 is 0 Å². The van der Waals surface area contributed by atoms with E-state index in [0.717, 1.165) is 31.0 Å². The van der Waals surface area contributed by atoms with Crippen LogP contribution in [0.4, 0.5) is 5.95 Å². The molecule has 0 aromatic carbocycles. The number of nitrogens with zero attached hydrogens (tertiary/aromatic N) is 3. The molecule has 2 aromatic heterocycles. The molecule has 3 N–H and O–H groups in total. The van der Waals surface area contributed by atoms with Crippen molar-refractivity contribution in [1.29, 1.82) is 0 Å². The van der Waals surface area contributed by atoms with Crippen molar-refractivity contribution >= 4 is 17.1 Å². The molecule has 90 valence electrons. The third-order valence-electron chi connectivity index (χ3n) is 3.27. The van der Waals surface area contributed by atoms with Gasteiger partial charge in [0.05, 0.1) is 6.20 Å². The Kier molecular flexibility index (Phi) is 2.64. The van der Waals surface area contributed by atoms with Crippen molar-refractivity contribution in [3.63, 3.8) is 0 Å². The van der Waals surface area contributed by atoms with Gasteiger partial charge in [0.2, 0.25) is 5.95 Å². The van der Waals surface area contributed by atoms with Gasteiger partial charge in [-0.2, -0.15) is 4.98 Å². The van der Waals surface area contributed by atoms with E-state index in [1.54, 1.807) is 6.20 Å². The lowest BCUT2D eigenvalue weighted by atomic mass is 9.95. The topological polar surface area (TPSA) is 78.5 Å². The monoisotopic (exact) mass is 232 g/mol. The fourth-order valence-electron chi connectivity index (χ4n) is 2.23. The molecule has 0 amide bonds. The minimum atomic E-state index is 0.463. The second-order valence-electron chi connectivity index (χ2n) is 4.57. The van der Waals surface area contributed by atoms with Crippen molar-refractivity contribution in [2.45, 2.75) is 19.4 Å². The molecule has 3 heterocycles. The van der Waals surface area contributed by atoms with Gasteiger partial charge in [-0.05, 0) is 25.4 Å². The summed E-state index contributed by atoms with van der Waals surface area (Å²) in [4.78, 5) is 15.7. The van der Waals surface area contributed by atoms with E-state index in [0.29, 0.717) is 17.6 Å². The number of rotatable bonds is 2. The van der Waals surface area contributed by atoms with E-state index in [-0.39, 0.29) is 0 Å². The third kappa shape index (κ3) is 2.08. The first-order valence-electron chi connectivity index (χ1n) is 5.96. The van der Waals surface area contributed by atoms with E-state index >= 15 is 0 Å². The van der Waals surface area contributed by atoms with Crippen LogP contribution in [0.15, 0.2) is 12.5 Å². The Hall–Kier alpha value is -1.69. The first-order chi connectivity index (χ1) is 8.33. The number of fused-ring (bicyclic) bond motifs is 1. The van der Waals surface area contributed by atoms with Gasteiger partial charge in [0.25, 0.3) is 0 Å². The molecule has 1 aliphatic rings. The lowest BCUT2D eigenvalue weighted by Gasteiger charge is -2.29. The van der Waals surface area contributed by atoms with Crippen LogP contribution in [-0.2, 0) is 0 Å². The molecular formula is C11H16N6. The van der Waals surface area contributed by atoms with E-state index in [9.17, 15) is 0 Å². The maximum atomic E-state index is 4.40. The second-order valence-corrected chi connectivity index (χ2v) is 4.57. The lowest BCUT2D eigenvalue weighted by molar-refractivity contribution is 0.367. The van der Waals surface area contributed by atoms with Crippen LogP contribution in [0.2, 0.25) is 0 Å². The number of aromatic nitrogens is 4. The van der Waals surface area contributed by atoms with Gasteiger partial charge in [0.1, 0.15) is 11.8 Å². The quantitative estimate of drug-likeness (QED) is 0.712. The average Bonchev–Trinajstić information content (AvgIpc) is 2.74. The van der Waals surface area contributed by atoms with Crippen molar-refractivity contribution in [3.05, 3.63) is 12.5 Å². The van der Waals surface area contributed by atoms with Crippen molar-refractivity contribution < 1.29 is 0 Å². The molecule has 2 unspecified atom stereocenters. The predicted molar refractivity (Wildman–Crippen MR) is 65.7 cm³/mol. The average molecular weight is 232 g/mol. The van der Waals surface area contributed by atoms with Gasteiger partial charge in [-0.3, -0.25) is 0 Å². The number of anilines is 1. The summed E-state index contributed by atoms with van der Waals surface area (Å²) in [7, 11) is 0. The number of imidazole rings is 1. The minimum absolute atomic E-state index is 0.463. The summed E-state index contributed by atoms with van der Waals surface area (Å²) in [5.74, 6) is 1.39. The van der Waals surface area contributed by atoms with Crippen LogP contribution in [-0.4, -0.2) is 39.1 Å². The molecule has 0 spiro atoms. The number of hydrogen-bond acceptors (Lipinski definition) is 5. The van der Waals surface area contributed by atoms with Crippen LogP contribution in [0.3, 0.4) is 0 Å². The summed E-state index contributed by atoms with van der Waals surface area (Å²) in [6, 6.07) is 0.463. The number of H-pyrrole nitrogens is 1. The molecule has 0 saturated carbocycles. The van der Waals surface area contributed by atoms with Crippen LogP contribution >= 0.6 is 0 Å². The van der Waals surface area contributed by atoms with Gasteiger partial charge in [-0.1, -0.05) is 6.92 Å². The Labute approximate surface area is 99.3 Å². The largest absolute Gasteiger partial charge is 0.353 e. The normalized spacial score (nSPS) is 25.0. The summed E-state index contributed by atoms with van der Waals surface area (Å²) < 4.78 is 0. The van der Waals surface area contributed by atoms with Gasteiger partial charge < -0.3 is 15.6 Å². The summed E-state index contributed by atoms with van der Waals surface area (Å²) in [6.07, 6.45) is 4.37. The fraction of sp³-hybridized carbons (Fsp3) is 0.545. The van der Waals surface area contributed by atoms with Crippen molar-refractivity contribution in [2.24, 2.45) is 5.92 Å². The maximum Gasteiger partial charge on any atom is 0.202 e. The first-order valence-corrected chi connectivity index (χ1v) is 5.96. The molecule has 17 heavy (non-hydrogen) atoms. The molecule has 1 aliphatic heterocycles. The predicted octanol–water partition coefficient (Wildman–Crippen LogP) is 0.763. The van der Waals surface area contributed by atoms with Gasteiger partial charge in [0.15, 0.2) is 5.65 Å². The number of aromatic amines is 1. The highest BCUT2D eigenvalue weighted by molar-refractivity contribution is 5.71. The van der Waals surface area contributed by atoms with Gasteiger partial charge in [-0.25, -0.2) is 9.97 Å². The van der Waals surface area contributed by atoms with Crippen LogP contribution in [0.25, 0.3) is 11.2 Å². The van der Waals surface area contributed by atoms with E-state index in [1.807, 2.05) is 0 Å². The van der Waals surface area contributed by atoms with Crippen molar-refractivity contribution in [3.8, 4) is 0 Å². The zero-order valence-corrected chi connectivity index (χ0v) is 9.77. The lowest BCUT2D eigenvalue weighted by Crippen LogP contribution is -2.42. The van der Waals surface area contributed by atoms with Crippen LogP contribution in [0.5, 0.6) is 0 Å². The van der Waals surface area contributed by atoms with Crippen molar-refractivity contribution in [2.75, 3.05) is 18.4 Å². The Morgan fingerprint density at radius 2 is 2.41 bits per heavy atom. The summed E-state index contributed by atoms with van der Waals surface area (Å²) in [6.45, 7) is 4.35. The molecule has 0 aliphatic carbocycles. The molecule has 2 aromatic rings. The SMILES string of the molecule is CC1CNCCC1Nc1nc2ncncc2[nH]1. The second kappa shape index (κ2) is 4.29. The fourth-order valence-corrected chi connectivity index (χ4v) is 2.23. The number of nitrogens with one attached hydrogen (secondary N) is 3. The third-order valence-corrected chi connectivity index (χ3v) is 3.27.